The highest BCUT2D eigenvalue weighted by atomic mass is 16.2. The Morgan fingerprint density at radius 2 is 1.94 bits per heavy atom. The van der Waals surface area contributed by atoms with Gasteiger partial charge in [0.25, 0.3) is 0 Å². The molecule has 0 fully saturated rings. The number of likely N-dealkylation sites (N-methyl/N-ethyl adjacent to an activating group) is 1. The van der Waals surface area contributed by atoms with Crippen LogP contribution in [0.4, 0.5) is 4.79 Å². The number of carbonyl (C=O) groups excluding carboxylic acids is 2. The number of nitrogens with two attached hydrogens (primary N) is 1. The average molecular weight is 230 g/mol. The van der Waals surface area contributed by atoms with Crippen molar-refractivity contribution in [3.05, 3.63) is 0 Å². The first-order chi connectivity index (χ1) is 7.60. The predicted octanol–water partition coefficient (Wildman–Crippen LogP) is -0.497. The fourth-order valence-corrected chi connectivity index (χ4v) is 1.36. The molecule has 0 aliphatic rings. The van der Waals surface area contributed by atoms with Gasteiger partial charge in [0.2, 0.25) is 5.91 Å². The molecule has 6 nitrogen and oxygen atoms in total. The lowest BCUT2D eigenvalue weighted by molar-refractivity contribution is -0.119. The minimum atomic E-state index is -0.812. The summed E-state index contributed by atoms with van der Waals surface area (Å²) in [5, 5.41) is 4.95. The van der Waals surface area contributed by atoms with E-state index in [0.29, 0.717) is 0 Å². The Morgan fingerprint density at radius 1 is 1.25 bits per heavy atom. The molecule has 16 heavy (non-hydrogen) atoms. The molecule has 0 spiro atoms. The Labute approximate surface area is 96.5 Å². The van der Waals surface area contributed by atoms with Gasteiger partial charge in [0.15, 0.2) is 0 Å². The molecule has 6 heteroatoms. The molecule has 0 aliphatic carbocycles. The van der Waals surface area contributed by atoms with Crippen LogP contribution in [0.2, 0.25) is 0 Å². The fraction of sp³-hybridized carbons (Fsp3) is 0.800. The highest BCUT2D eigenvalue weighted by molar-refractivity contribution is 5.94. The van der Waals surface area contributed by atoms with Gasteiger partial charge in [-0.1, -0.05) is 13.8 Å². The minimum absolute atomic E-state index is 0.118. The molecular formula is C10H22N4O2. The molecule has 0 radical (unpaired) electrons. The van der Waals surface area contributed by atoms with Gasteiger partial charge >= 0.3 is 6.03 Å². The molecule has 4 N–H and O–H groups in total. The van der Waals surface area contributed by atoms with E-state index in [1.807, 2.05) is 5.32 Å². The summed E-state index contributed by atoms with van der Waals surface area (Å²) in [4.78, 5) is 23.6. The lowest BCUT2D eigenvalue weighted by atomic mass is 10.4. The van der Waals surface area contributed by atoms with Crippen molar-refractivity contribution in [3.63, 3.8) is 0 Å². The molecule has 0 saturated carbocycles. The van der Waals surface area contributed by atoms with Gasteiger partial charge < -0.3 is 16.0 Å². The molecule has 0 bridgehead atoms. The summed E-state index contributed by atoms with van der Waals surface area (Å²) in [6, 6.07) is -0.812. The van der Waals surface area contributed by atoms with Crippen LogP contribution >= 0.6 is 0 Å². The predicted molar refractivity (Wildman–Crippen MR) is 63.0 cm³/mol. The third kappa shape index (κ3) is 8.19. The zero-order valence-corrected chi connectivity index (χ0v) is 10.1. The van der Waals surface area contributed by atoms with Gasteiger partial charge in [0, 0.05) is 13.1 Å². The largest absolute Gasteiger partial charge is 0.351 e. The van der Waals surface area contributed by atoms with Gasteiger partial charge in [-0.3, -0.25) is 10.1 Å². The third-order valence-corrected chi connectivity index (χ3v) is 2.14. The zero-order chi connectivity index (χ0) is 12.4. The highest BCUT2D eigenvalue weighted by Crippen LogP contribution is 1.88. The first kappa shape index (κ1) is 14.9. The van der Waals surface area contributed by atoms with Gasteiger partial charge in [-0.05, 0) is 19.5 Å². The minimum Gasteiger partial charge on any atom is -0.351 e. The lowest BCUT2D eigenvalue weighted by Gasteiger charge is -2.19. The summed E-state index contributed by atoms with van der Waals surface area (Å²) < 4.78 is 0. The van der Waals surface area contributed by atoms with E-state index < -0.39 is 11.9 Å². The second-order valence-corrected chi connectivity index (χ2v) is 3.52. The van der Waals surface area contributed by atoms with Crippen LogP contribution in [-0.2, 0) is 4.79 Å². The summed E-state index contributed by atoms with van der Waals surface area (Å²) in [5.41, 5.74) is 4.80. The Bertz CT molecular complexity index is 221. The maximum Gasteiger partial charge on any atom is 0.318 e. The average Bonchev–Trinajstić information content (AvgIpc) is 2.21. The molecule has 0 saturated heterocycles. The summed E-state index contributed by atoms with van der Waals surface area (Å²) in [6.07, 6.45) is 1.12. The van der Waals surface area contributed by atoms with Crippen LogP contribution in [0.5, 0.6) is 0 Å². The standard InChI is InChI=1S/C10H22N4O2/c1-3-6-14(4-2)7-5-12-8-9(15)13-10(11)16/h12H,3-8H2,1-2H3,(H3,11,13,15,16). The second-order valence-electron chi connectivity index (χ2n) is 3.52. The number of carbonyl (C=O) groups is 2. The Hall–Kier alpha value is -1.14. The molecule has 94 valence electrons. The number of nitrogens with zero attached hydrogens (tertiary/aromatic N) is 1. The van der Waals surface area contributed by atoms with E-state index in [4.69, 9.17) is 5.73 Å². The van der Waals surface area contributed by atoms with Crippen molar-refractivity contribution < 1.29 is 9.59 Å². The van der Waals surface area contributed by atoms with E-state index in [2.05, 4.69) is 24.1 Å². The zero-order valence-electron chi connectivity index (χ0n) is 10.1. The van der Waals surface area contributed by atoms with E-state index in [9.17, 15) is 9.59 Å². The molecule has 0 aromatic rings. The number of primary amides is 1. The molecule has 0 rings (SSSR count). The number of imide groups is 1. The van der Waals surface area contributed by atoms with Crippen LogP contribution in [-0.4, -0.2) is 49.6 Å². The van der Waals surface area contributed by atoms with Crippen molar-refractivity contribution in [2.24, 2.45) is 5.73 Å². The Balaban J connectivity index is 3.51. The van der Waals surface area contributed by atoms with Crippen LogP contribution in [0.1, 0.15) is 20.3 Å². The number of hydrogen-bond acceptors (Lipinski definition) is 4. The van der Waals surface area contributed by atoms with Crippen molar-refractivity contribution in [1.82, 2.24) is 15.5 Å². The van der Waals surface area contributed by atoms with Crippen LogP contribution in [0.25, 0.3) is 0 Å². The number of hydrogen-bond donors (Lipinski definition) is 3. The summed E-state index contributed by atoms with van der Waals surface area (Å²) >= 11 is 0. The Morgan fingerprint density at radius 3 is 2.44 bits per heavy atom. The Kier molecular flexibility index (Phi) is 8.46. The molecule has 3 amide bonds. The highest BCUT2D eigenvalue weighted by Gasteiger charge is 2.04. The summed E-state index contributed by atoms with van der Waals surface area (Å²) in [6.45, 7) is 8.04. The summed E-state index contributed by atoms with van der Waals surface area (Å²) in [7, 11) is 0. The molecule has 0 aliphatic heterocycles. The van der Waals surface area contributed by atoms with E-state index >= 15 is 0 Å². The monoisotopic (exact) mass is 230 g/mol. The van der Waals surface area contributed by atoms with Gasteiger partial charge in [0.05, 0.1) is 6.54 Å². The molecule has 0 atom stereocenters. The molecule has 0 unspecified atom stereocenters. The van der Waals surface area contributed by atoms with E-state index in [0.717, 1.165) is 32.6 Å². The van der Waals surface area contributed by atoms with Gasteiger partial charge in [-0.2, -0.15) is 0 Å². The fourth-order valence-electron chi connectivity index (χ4n) is 1.36. The molecular weight excluding hydrogens is 208 g/mol. The molecule has 0 heterocycles. The number of urea groups is 1. The topological polar surface area (TPSA) is 87.5 Å². The maximum atomic E-state index is 11.0. The van der Waals surface area contributed by atoms with Crippen LogP contribution in [0.3, 0.4) is 0 Å². The van der Waals surface area contributed by atoms with Crippen molar-refractivity contribution in [2.75, 3.05) is 32.7 Å². The molecule has 0 aromatic carbocycles. The second kappa shape index (κ2) is 9.11. The molecule has 0 aromatic heterocycles. The van der Waals surface area contributed by atoms with Gasteiger partial charge in [-0.15, -0.1) is 0 Å². The number of rotatable bonds is 8. The quantitative estimate of drug-likeness (QED) is 0.491. The van der Waals surface area contributed by atoms with Crippen molar-refractivity contribution in [3.8, 4) is 0 Å². The number of nitrogens with one attached hydrogen (secondary N) is 2. The first-order valence-electron chi connectivity index (χ1n) is 5.62. The SMILES string of the molecule is CCCN(CC)CCNCC(=O)NC(N)=O. The smallest absolute Gasteiger partial charge is 0.318 e. The van der Waals surface area contributed by atoms with Crippen molar-refractivity contribution in [2.45, 2.75) is 20.3 Å². The first-order valence-corrected chi connectivity index (χ1v) is 5.62. The lowest BCUT2D eigenvalue weighted by Crippen LogP contribution is -2.42. The van der Waals surface area contributed by atoms with Crippen LogP contribution in [0.15, 0.2) is 0 Å². The van der Waals surface area contributed by atoms with E-state index in [1.54, 1.807) is 0 Å². The number of amides is 3. The van der Waals surface area contributed by atoms with Gasteiger partial charge in [-0.25, -0.2) is 4.79 Å². The van der Waals surface area contributed by atoms with Gasteiger partial charge in [0.1, 0.15) is 0 Å². The van der Waals surface area contributed by atoms with E-state index in [1.165, 1.54) is 0 Å². The normalized spacial score (nSPS) is 10.4. The summed E-state index contributed by atoms with van der Waals surface area (Å²) in [5.74, 6) is -0.397. The van der Waals surface area contributed by atoms with Crippen LogP contribution < -0.4 is 16.4 Å². The van der Waals surface area contributed by atoms with E-state index in [-0.39, 0.29) is 6.54 Å². The van der Waals surface area contributed by atoms with Crippen molar-refractivity contribution in [1.29, 1.82) is 0 Å². The van der Waals surface area contributed by atoms with Crippen molar-refractivity contribution >= 4 is 11.9 Å². The van der Waals surface area contributed by atoms with Crippen LogP contribution in [0, 0.1) is 0 Å². The maximum absolute atomic E-state index is 11.0. The third-order valence-electron chi connectivity index (χ3n) is 2.14.